The van der Waals surface area contributed by atoms with Crippen LogP contribution in [-0.4, -0.2) is 49.8 Å². The minimum Gasteiger partial charge on any atom is -0.337 e. The Bertz CT molecular complexity index is 613. The topological polar surface area (TPSA) is 66.1 Å². The van der Waals surface area contributed by atoms with Gasteiger partial charge in [0.15, 0.2) is 0 Å². The van der Waals surface area contributed by atoms with Crippen molar-refractivity contribution in [2.45, 2.75) is 0 Å². The summed E-state index contributed by atoms with van der Waals surface area (Å²) in [5.74, 6) is 1.18. The molecule has 0 saturated carbocycles. The van der Waals surface area contributed by atoms with Gasteiger partial charge in [0.05, 0.1) is 11.7 Å². The minimum absolute atomic E-state index is 0.00907. The average molecular weight is 263 g/mol. The van der Waals surface area contributed by atoms with Crippen LogP contribution in [0.3, 0.4) is 0 Å². The van der Waals surface area contributed by atoms with Crippen molar-refractivity contribution < 1.29 is 9.00 Å². The number of aromatic nitrogens is 2. The first kappa shape index (κ1) is 11.4. The molecule has 3 rings (SSSR count). The van der Waals surface area contributed by atoms with Crippen LogP contribution < -0.4 is 0 Å². The fourth-order valence-electron chi connectivity index (χ4n) is 2.10. The summed E-state index contributed by atoms with van der Waals surface area (Å²) in [6.07, 6.45) is 1.71. The number of hydrogen-bond donors (Lipinski definition) is 1. The van der Waals surface area contributed by atoms with Gasteiger partial charge in [0, 0.05) is 46.3 Å². The molecule has 0 aliphatic carbocycles. The molecule has 1 N–H and O–H groups in total. The van der Waals surface area contributed by atoms with Gasteiger partial charge in [0.2, 0.25) is 0 Å². The maximum atomic E-state index is 12.3. The van der Waals surface area contributed by atoms with Crippen molar-refractivity contribution in [1.82, 2.24) is 15.1 Å². The van der Waals surface area contributed by atoms with E-state index in [0.717, 1.165) is 10.9 Å². The highest BCUT2D eigenvalue weighted by atomic mass is 32.2. The second-order valence-electron chi connectivity index (χ2n) is 4.31. The maximum Gasteiger partial charge on any atom is 0.253 e. The van der Waals surface area contributed by atoms with Crippen molar-refractivity contribution in [2.24, 2.45) is 0 Å². The first-order chi connectivity index (χ1) is 8.74. The van der Waals surface area contributed by atoms with Crippen molar-refractivity contribution in [2.75, 3.05) is 24.6 Å². The Labute approximate surface area is 107 Å². The number of aromatic amines is 1. The molecule has 2 aromatic rings. The molecule has 0 bridgehead atoms. The van der Waals surface area contributed by atoms with Crippen LogP contribution in [0, 0.1) is 0 Å². The first-order valence-electron chi connectivity index (χ1n) is 5.81. The molecule has 1 amide bonds. The predicted molar refractivity (Wildman–Crippen MR) is 69.9 cm³/mol. The smallest absolute Gasteiger partial charge is 0.253 e. The highest BCUT2D eigenvalue weighted by Crippen LogP contribution is 2.15. The second-order valence-corrected chi connectivity index (χ2v) is 6.01. The van der Waals surface area contributed by atoms with E-state index in [1.165, 1.54) is 0 Å². The van der Waals surface area contributed by atoms with E-state index in [2.05, 4.69) is 10.2 Å². The van der Waals surface area contributed by atoms with Crippen molar-refractivity contribution in [1.29, 1.82) is 0 Å². The van der Waals surface area contributed by atoms with E-state index in [9.17, 15) is 9.00 Å². The molecule has 6 heteroatoms. The average Bonchev–Trinajstić information content (AvgIpc) is 2.86. The number of carbonyl (C=O) groups excluding carboxylic acids is 1. The molecule has 0 spiro atoms. The van der Waals surface area contributed by atoms with Gasteiger partial charge < -0.3 is 4.90 Å². The van der Waals surface area contributed by atoms with E-state index < -0.39 is 10.8 Å². The third kappa shape index (κ3) is 2.03. The van der Waals surface area contributed by atoms with Gasteiger partial charge in [-0.05, 0) is 18.2 Å². The molecule has 2 heterocycles. The molecule has 0 atom stereocenters. The van der Waals surface area contributed by atoms with Crippen LogP contribution in [0.4, 0.5) is 0 Å². The Morgan fingerprint density at radius 2 is 2.11 bits per heavy atom. The number of H-pyrrole nitrogens is 1. The third-order valence-corrected chi connectivity index (χ3v) is 4.43. The maximum absolute atomic E-state index is 12.3. The standard InChI is InChI=1S/C12H13N3O2S/c16-12(15-3-5-18(17)6-4-15)9-1-2-11-10(7-9)8-13-14-11/h1-2,7-8H,3-6H2,(H,13,14). The van der Waals surface area contributed by atoms with Crippen LogP contribution in [0.15, 0.2) is 24.4 Å². The van der Waals surface area contributed by atoms with Crippen LogP contribution in [0.1, 0.15) is 10.4 Å². The van der Waals surface area contributed by atoms with Gasteiger partial charge in [-0.1, -0.05) is 0 Å². The first-order valence-corrected chi connectivity index (χ1v) is 7.30. The summed E-state index contributed by atoms with van der Waals surface area (Å²) in [6, 6.07) is 5.50. The second kappa shape index (κ2) is 4.53. The molecule has 1 fully saturated rings. The minimum atomic E-state index is -0.759. The molecular formula is C12H13N3O2S. The molecule has 1 aromatic carbocycles. The quantitative estimate of drug-likeness (QED) is 0.826. The van der Waals surface area contributed by atoms with Gasteiger partial charge >= 0.3 is 0 Å². The number of benzene rings is 1. The van der Waals surface area contributed by atoms with Crippen molar-refractivity contribution in [3.05, 3.63) is 30.0 Å². The van der Waals surface area contributed by atoms with Gasteiger partial charge in [-0.3, -0.25) is 14.1 Å². The SMILES string of the molecule is O=C(c1ccc2[nH]ncc2c1)N1CCS(=O)CC1. The molecular weight excluding hydrogens is 250 g/mol. The van der Waals surface area contributed by atoms with Crippen LogP contribution >= 0.6 is 0 Å². The van der Waals surface area contributed by atoms with Gasteiger partial charge in [-0.2, -0.15) is 5.10 Å². The lowest BCUT2D eigenvalue weighted by atomic mass is 10.1. The molecule has 0 radical (unpaired) electrons. The molecule has 18 heavy (non-hydrogen) atoms. The van der Waals surface area contributed by atoms with Crippen LogP contribution in [0.5, 0.6) is 0 Å². The summed E-state index contributed by atoms with van der Waals surface area (Å²) in [4.78, 5) is 14.0. The van der Waals surface area contributed by atoms with Crippen molar-refractivity contribution in [3.8, 4) is 0 Å². The van der Waals surface area contributed by atoms with Crippen molar-refractivity contribution in [3.63, 3.8) is 0 Å². The number of fused-ring (bicyclic) bond motifs is 1. The van der Waals surface area contributed by atoms with E-state index in [4.69, 9.17) is 0 Å². The highest BCUT2D eigenvalue weighted by Gasteiger charge is 2.21. The monoisotopic (exact) mass is 263 g/mol. The predicted octanol–water partition coefficient (Wildman–Crippen LogP) is 0.767. The summed E-state index contributed by atoms with van der Waals surface area (Å²) in [5, 5.41) is 7.72. The fourth-order valence-corrected chi connectivity index (χ4v) is 3.15. The van der Waals surface area contributed by atoms with E-state index in [-0.39, 0.29) is 5.91 Å². The van der Waals surface area contributed by atoms with Gasteiger partial charge in [-0.25, -0.2) is 0 Å². The lowest BCUT2D eigenvalue weighted by molar-refractivity contribution is 0.0771. The zero-order valence-corrected chi connectivity index (χ0v) is 10.6. The normalized spacial score (nSPS) is 17.2. The van der Waals surface area contributed by atoms with E-state index in [1.807, 2.05) is 12.1 Å². The molecule has 1 aromatic heterocycles. The number of rotatable bonds is 1. The molecule has 94 valence electrons. The van der Waals surface area contributed by atoms with Gasteiger partial charge in [0.1, 0.15) is 0 Å². The molecule has 1 saturated heterocycles. The summed E-state index contributed by atoms with van der Waals surface area (Å²) in [6.45, 7) is 1.16. The van der Waals surface area contributed by atoms with Crippen molar-refractivity contribution >= 4 is 27.6 Å². The number of carbonyl (C=O) groups is 1. The van der Waals surface area contributed by atoms with Gasteiger partial charge in [0.25, 0.3) is 5.91 Å². The number of hydrogen-bond acceptors (Lipinski definition) is 3. The summed E-state index contributed by atoms with van der Waals surface area (Å²) in [5.41, 5.74) is 1.59. The summed E-state index contributed by atoms with van der Waals surface area (Å²) >= 11 is 0. The third-order valence-electron chi connectivity index (χ3n) is 3.15. The Balaban J connectivity index is 1.84. The molecule has 1 aliphatic rings. The largest absolute Gasteiger partial charge is 0.337 e. The van der Waals surface area contributed by atoms with E-state index in [0.29, 0.717) is 30.2 Å². The highest BCUT2D eigenvalue weighted by molar-refractivity contribution is 7.85. The van der Waals surface area contributed by atoms with Crippen LogP contribution in [-0.2, 0) is 10.8 Å². The van der Waals surface area contributed by atoms with E-state index in [1.54, 1.807) is 17.2 Å². The van der Waals surface area contributed by atoms with Gasteiger partial charge in [-0.15, -0.1) is 0 Å². The fraction of sp³-hybridized carbons (Fsp3) is 0.333. The molecule has 1 aliphatic heterocycles. The number of nitrogens with one attached hydrogen (secondary N) is 1. The van der Waals surface area contributed by atoms with Crippen LogP contribution in [0.25, 0.3) is 10.9 Å². The zero-order chi connectivity index (χ0) is 12.5. The Hall–Kier alpha value is -1.69. The number of amides is 1. The lowest BCUT2D eigenvalue weighted by Crippen LogP contribution is -2.41. The number of nitrogens with zero attached hydrogens (tertiary/aromatic N) is 2. The molecule has 5 nitrogen and oxygen atoms in total. The zero-order valence-electron chi connectivity index (χ0n) is 9.76. The van der Waals surface area contributed by atoms with E-state index >= 15 is 0 Å². The summed E-state index contributed by atoms with van der Waals surface area (Å²) in [7, 11) is -0.759. The Morgan fingerprint density at radius 3 is 2.89 bits per heavy atom. The van der Waals surface area contributed by atoms with Crippen LogP contribution in [0.2, 0.25) is 0 Å². The summed E-state index contributed by atoms with van der Waals surface area (Å²) < 4.78 is 11.3. The molecule has 0 unspecified atom stereocenters. The Kier molecular flexibility index (Phi) is 2.87. The lowest BCUT2D eigenvalue weighted by Gasteiger charge is -2.26. The Morgan fingerprint density at radius 1 is 1.33 bits per heavy atom.